The molecule has 1 aromatic rings. The summed E-state index contributed by atoms with van der Waals surface area (Å²) >= 11 is 0. The van der Waals surface area contributed by atoms with Crippen molar-refractivity contribution in [3.05, 3.63) is 30.3 Å². The Hall–Kier alpha value is 0.475. The molecule has 133 valence electrons. The largest absolute Gasteiger partial charge is 0.553 e. The SMILES string of the molecule is c1ccc([Si]23O[Si]4O[Si]5O[Si]6O[Si](O4)O[Si](O[Si](O6)O[Si](O5)O2)O3)cc1. The highest BCUT2D eigenvalue weighted by molar-refractivity contribution is 6.91. The Bertz CT molecular complexity index is 607. The topological polar surface area (TPSA) is 111 Å². The van der Waals surface area contributed by atoms with E-state index >= 15 is 0 Å². The van der Waals surface area contributed by atoms with Crippen LogP contribution in [0.1, 0.15) is 0 Å². The standard InChI is InChI=1S/C6H5O12Si8/c1-2-4-6(5-3-1)26-16-23-10-20-7-19-8-21(12-23)14-25(18-26)15-22(9-19)13-24(11-20)17-26/h1-5H. The molecule has 12 nitrogen and oxygen atoms in total. The molecule has 7 rings (SSSR count). The molecule has 6 saturated heterocycles. The molecule has 0 aliphatic carbocycles. The third-order valence-electron chi connectivity index (χ3n) is 3.28. The lowest BCUT2D eigenvalue weighted by Gasteiger charge is -2.44. The van der Waals surface area contributed by atoms with Gasteiger partial charge in [-0.15, -0.1) is 0 Å². The summed E-state index contributed by atoms with van der Waals surface area (Å²) in [5.74, 6) is 0. The van der Waals surface area contributed by atoms with Crippen molar-refractivity contribution >= 4 is 80.7 Å². The summed E-state index contributed by atoms with van der Waals surface area (Å²) in [7, 11) is -19.8. The summed E-state index contributed by atoms with van der Waals surface area (Å²) in [5.41, 5.74) is 0. The Morgan fingerprint density at radius 3 is 1.19 bits per heavy atom. The molecule has 0 atom stereocenters. The van der Waals surface area contributed by atoms with Gasteiger partial charge in [0.15, 0.2) is 0 Å². The summed E-state index contributed by atoms with van der Waals surface area (Å²) in [6.07, 6.45) is 0. The fraction of sp³-hybridized carbons (Fsp3) is 0. The van der Waals surface area contributed by atoms with Crippen LogP contribution in [0.5, 0.6) is 0 Å². The highest BCUT2D eigenvalue weighted by Crippen LogP contribution is 2.29. The normalized spacial score (nSPS) is 31.5. The van der Waals surface area contributed by atoms with Crippen molar-refractivity contribution in [3.63, 3.8) is 0 Å². The van der Waals surface area contributed by atoms with Gasteiger partial charge in [-0.3, -0.25) is 0 Å². The van der Waals surface area contributed by atoms with Crippen molar-refractivity contribution in [2.75, 3.05) is 0 Å². The van der Waals surface area contributed by atoms with E-state index in [1.54, 1.807) is 0 Å². The van der Waals surface area contributed by atoms with E-state index in [0.717, 1.165) is 0 Å². The molecule has 0 spiro atoms. The Morgan fingerprint density at radius 2 is 0.808 bits per heavy atom. The van der Waals surface area contributed by atoms with Crippen molar-refractivity contribution in [1.29, 1.82) is 0 Å². The van der Waals surface area contributed by atoms with E-state index in [0.29, 0.717) is 5.19 Å². The van der Waals surface area contributed by atoms with Gasteiger partial charge in [0, 0.05) is 5.19 Å². The minimum Gasteiger partial charge on any atom is -0.369 e. The third kappa shape index (κ3) is 3.15. The minimum absolute atomic E-state index is 0.697. The molecular weight excluding hydrogens is 489 g/mol. The summed E-state index contributed by atoms with van der Waals surface area (Å²) in [6, 6.07) is 9.25. The summed E-state index contributed by atoms with van der Waals surface area (Å²) in [6.45, 7) is 0. The van der Waals surface area contributed by atoms with Crippen LogP contribution in [-0.2, 0) is 49.4 Å². The van der Waals surface area contributed by atoms with Crippen molar-refractivity contribution in [2.24, 2.45) is 0 Å². The molecular formula is C6H5O12Si8. The molecule has 20 heteroatoms. The lowest BCUT2D eigenvalue weighted by atomic mass is 10.4. The molecule has 8 bridgehead atoms. The fourth-order valence-corrected chi connectivity index (χ4v) is 24.8. The zero-order chi connectivity index (χ0) is 17.1. The molecule has 6 heterocycles. The summed E-state index contributed by atoms with van der Waals surface area (Å²) < 4.78 is 70.7. The first-order valence-corrected chi connectivity index (χ1v) is 17.4. The van der Waals surface area contributed by atoms with Gasteiger partial charge in [0.2, 0.25) is 0 Å². The predicted octanol–water partition coefficient (Wildman–Crippen LogP) is -3.01. The van der Waals surface area contributed by atoms with E-state index in [2.05, 4.69) is 0 Å². The van der Waals surface area contributed by atoms with Gasteiger partial charge < -0.3 is 49.4 Å². The molecule has 0 unspecified atom stereocenters. The smallest absolute Gasteiger partial charge is 0.369 e. The lowest BCUT2D eigenvalue weighted by Crippen LogP contribution is -2.75. The maximum atomic E-state index is 6.18. The summed E-state index contributed by atoms with van der Waals surface area (Å²) in [5, 5.41) is 0.697. The van der Waals surface area contributed by atoms with E-state index in [9.17, 15) is 0 Å². The van der Waals surface area contributed by atoms with Crippen LogP contribution >= 0.6 is 0 Å². The van der Waals surface area contributed by atoms with Gasteiger partial charge in [-0.25, -0.2) is 0 Å². The van der Waals surface area contributed by atoms with E-state index in [1.165, 1.54) is 0 Å². The second-order valence-electron chi connectivity index (χ2n) is 4.90. The van der Waals surface area contributed by atoms with Gasteiger partial charge in [0.05, 0.1) is 0 Å². The maximum absolute atomic E-state index is 6.18. The van der Waals surface area contributed by atoms with Crippen LogP contribution in [0.25, 0.3) is 0 Å². The average Bonchev–Trinajstić information content (AvgIpc) is 2.50. The lowest BCUT2D eigenvalue weighted by molar-refractivity contribution is 0.0349. The van der Waals surface area contributed by atoms with Crippen molar-refractivity contribution < 1.29 is 49.4 Å². The Labute approximate surface area is 160 Å². The van der Waals surface area contributed by atoms with Gasteiger partial charge in [0.25, 0.3) is 0 Å². The molecule has 0 N–H and O–H groups in total. The van der Waals surface area contributed by atoms with E-state index < -0.39 is 75.5 Å². The first-order chi connectivity index (χ1) is 12.7. The molecule has 7 radical (unpaired) electrons. The highest BCUT2D eigenvalue weighted by Gasteiger charge is 2.66. The zero-order valence-corrected chi connectivity index (χ0v) is 20.3. The van der Waals surface area contributed by atoms with Crippen molar-refractivity contribution in [2.45, 2.75) is 0 Å². The van der Waals surface area contributed by atoms with E-state index in [-0.39, 0.29) is 0 Å². The van der Waals surface area contributed by atoms with Crippen molar-refractivity contribution in [1.82, 2.24) is 0 Å². The van der Waals surface area contributed by atoms with Gasteiger partial charge in [-0.2, -0.15) is 0 Å². The molecule has 6 fully saturated rings. The number of hydrogen-bond donors (Lipinski definition) is 0. The average molecular weight is 494 g/mol. The van der Waals surface area contributed by atoms with Crippen LogP contribution < -0.4 is 5.19 Å². The Balaban J connectivity index is 1.49. The zero-order valence-electron chi connectivity index (χ0n) is 12.3. The second kappa shape index (κ2) is 6.77. The van der Waals surface area contributed by atoms with E-state index in [4.69, 9.17) is 49.4 Å². The molecule has 0 saturated carbocycles. The van der Waals surface area contributed by atoms with E-state index in [1.807, 2.05) is 30.3 Å². The number of benzene rings is 1. The highest BCUT2D eigenvalue weighted by atomic mass is 28.6. The quantitative estimate of drug-likeness (QED) is 0.372. The van der Waals surface area contributed by atoms with Crippen LogP contribution in [0.15, 0.2) is 30.3 Å². The predicted molar refractivity (Wildman–Crippen MR) is 85.1 cm³/mol. The van der Waals surface area contributed by atoms with Crippen LogP contribution in [0.2, 0.25) is 0 Å². The van der Waals surface area contributed by atoms with Crippen molar-refractivity contribution in [3.8, 4) is 0 Å². The molecule has 1 aromatic carbocycles. The third-order valence-corrected chi connectivity index (χ3v) is 21.5. The van der Waals surface area contributed by atoms with Crippen LogP contribution in [-0.4, -0.2) is 75.5 Å². The van der Waals surface area contributed by atoms with Crippen LogP contribution in [0.4, 0.5) is 0 Å². The first kappa shape index (κ1) is 17.3. The Kier molecular flexibility index (Phi) is 4.52. The monoisotopic (exact) mass is 493 g/mol. The minimum atomic E-state index is -3.55. The van der Waals surface area contributed by atoms with Gasteiger partial charge in [0.1, 0.15) is 0 Å². The number of rotatable bonds is 1. The van der Waals surface area contributed by atoms with Crippen LogP contribution in [0.3, 0.4) is 0 Å². The molecule has 6 aliphatic heterocycles. The van der Waals surface area contributed by atoms with Crippen LogP contribution in [0, 0.1) is 0 Å². The maximum Gasteiger partial charge on any atom is 0.553 e. The fourth-order valence-electron chi connectivity index (χ4n) is 2.26. The molecule has 0 aromatic heterocycles. The number of hydrogen-bond acceptors (Lipinski definition) is 12. The Morgan fingerprint density at radius 1 is 0.462 bits per heavy atom. The molecule has 26 heavy (non-hydrogen) atoms. The molecule has 0 amide bonds. The molecule has 6 aliphatic rings. The van der Waals surface area contributed by atoms with Gasteiger partial charge in [-0.1, -0.05) is 30.3 Å². The van der Waals surface area contributed by atoms with Gasteiger partial charge in [-0.05, 0) is 0 Å². The van der Waals surface area contributed by atoms with Gasteiger partial charge >= 0.3 is 75.5 Å². The second-order valence-corrected chi connectivity index (χ2v) is 19.9. The summed E-state index contributed by atoms with van der Waals surface area (Å²) in [4.78, 5) is 0. The first-order valence-electron chi connectivity index (χ1n) is 7.06.